The van der Waals surface area contributed by atoms with Gasteiger partial charge >= 0.3 is 6.09 Å². The van der Waals surface area contributed by atoms with E-state index in [0.717, 1.165) is 33.7 Å². The average molecular weight is 539 g/mol. The van der Waals surface area contributed by atoms with Gasteiger partial charge in [-0.15, -0.1) is 11.3 Å². The molecule has 1 aromatic heterocycles. The van der Waals surface area contributed by atoms with Crippen LogP contribution in [0.3, 0.4) is 0 Å². The smallest absolute Gasteiger partial charge is 0.415 e. The second-order valence-electron chi connectivity index (χ2n) is 6.97. The Balaban J connectivity index is 2.15. The van der Waals surface area contributed by atoms with E-state index in [1.807, 2.05) is 6.92 Å². The first kappa shape index (κ1) is 24.8. The Bertz CT molecular complexity index is 1150. The van der Waals surface area contributed by atoms with Gasteiger partial charge in [-0.05, 0) is 54.3 Å². The monoisotopic (exact) mass is 538 g/mol. The number of halogens is 3. The van der Waals surface area contributed by atoms with Gasteiger partial charge in [0.15, 0.2) is 0 Å². The Kier molecular flexibility index (Phi) is 8.15. The fourth-order valence-electron chi connectivity index (χ4n) is 3.44. The number of nitro groups is 1. The van der Waals surface area contributed by atoms with E-state index in [2.05, 4.69) is 15.9 Å². The Hall–Kier alpha value is -2.85. The van der Waals surface area contributed by atoms with Gasteiger partial charge in [0.1, 0.15) is 16.6 Å². The molecular weight excluding hydrogens is 518 g/mol. The highest BCUT2D eigenvalue weighted by atomic mass is 79.9. The highest BCUT2D eigenvalue weighted by Gasteiger charge is 2.28. The largest absolute Gasteiger partial charge is 0.449 e. The number of amides is 1. The zero-order valence-electron chi connectivity index (χ0n) is 17.9. The number of hydrogen-bond donors (Lipinski definition) is 0. The second kappa shape index (κ2) is 10.8. The molecule has 174 valence electrons. The van der Waals surface area contributed by atoms with Crippen molar-refractivity contribution in [3.05, 3.63) is 80.9 Å². The van der Waals surface area contributed by atoms with Crippen LogP contribution in [0.15, 0.2) is 42.5 Å². The number of thiophene rings is 1. The maximum atomic E-state index is 14.4. The van der Waals surface area contributed by atoms with Crippen LogP contribution in [0.25, 0.3) is 10.4 Å². The Morgan fingerprint density at radius 1 is 1.09 bits per heavy atom. The van der Waals surface area contributed by atoms with Crippen molar-refractivity contribution in [2.75, 3.05) is 11.5 Å². The summed E-state index contributed by atoms with van der Waals surface area (Å²) >= 11 is 4.78. The van der Waals surface area contributed by atoms with Gasteiger partial charge in [-0.2, -0.15) is 0 Å². The molecule has 0 bridgehead atoms. The van der Waals surface area contributed by atoms with E-state index in [-0.39, 0.29) is 24.4 Å². The van der Waals surface area contributed by atoms with Crippen molar-refractivity contribution in [3.63, 3.8) is 0 Å². The summed E-state index contributed by atoms with van der Waals surface area (Å²) in [6.07, 6.45) is -0.164. The normalized spacial score (nSPS) is 10.8. The standard InChI is InChI=1S/C23H21BrF2N2O4S/c1-3-16-17(12-24)21(14-8-10-15(11-9-14)28(30)31)33-22(16)27(23(29)32-4-2)13-18-19(25)6-5-7-20(18)26/h5-11H,3-4,12-13H2,1-2H3. The summed E-state index contributed by atoms with van der Waals surface area (Å²) in [5.41, 5.74) is 2.19. The lowest BCUT2D eigenvalue weighted by molar-refractivity contribution is -0.384. The maximum Gasteiger partial charge on any atom is 0.415 e. The number of hydrogen-bond acceptors (Lipinski definition) is 5. The summed E-state index contributed by atoms with van der Waals surface area (Å²) in [6.45, 7) is 3.33. The number of ether oxygens (including phenoxy) is 1. The van der Waals surface area contributed by atoms with Crippen molar-refractivity contribution in [3.8, 4) is 10.4 Å². The van der Waals surface area contributed by atoms with E-state index in [9.17, 15) is 23.7 Å². The average Bonchev–Trinajstić information content (AvgIpc) is 3.17. The molecule has 0 fully saturated rings. The summed E-state index contributed by atoms with van der Waals surface area (Å²) in [7, 11) is 0. The van der Waals surface area contributed by atoms with Crippen LogP contribution in [-0.2, 0) is 23.0 Å². The SMILES string of the molecule is CCOC(=O)N(Cc1c(F)cccc1F)c1sc(-c2ccc([N+](=O)[O-])cc2)c(CBr)c1CC. The van der Waals surface area contributed by atoms with Gasteiger partial charge in [-0.25, -0.2) is 13.6 Å². The van der Waals surface area contributed by atoms with Crippen LogP contribution in [0.2, 0.25) is 0 Å². The van der Waals surface area contributed by atoms with Crippen LogP contribution in [0.1, 0.15) is 30.5 Å². The first-order chi connectivity index (χ1) is 15.8. The molecule has 0 radical (unpaired) electrons. The molecule has 0 N–H and O–H groups in total. The lowest BCUT2D eigenvalue weighted by atomic mass is 10.0. The van der Waals surface area contributed by atoms with Gasteiger partial charge in [0.25, 0.3) is 5.69 Å². The van der Waals surface area contributed by atoms with Gasteiger partial charge < -0.3 is 4.74 Å². The van der Waals surface area contributed by atoms with Gasteiger partial charge in [0, 0.05) is 27.9 Å². The minimum Gasteiger partial charge on any atom is -0.449 e. The molecule has 0 aliphatic heterocycles. The number of alkyl halides is 1. The molecule has 0 aliphatic rings. The molecule has 0 unspecified atom stereocenters. The Morgan fingerprint density at radius 2 is 1.73 bits per heavy atom. The molecule has 1 amide bonds. The highest BCUT2D eigenvalue weighted by Crippen LogP contribution is 2.44. The third kappa shape index (κ3) is 5.22. The van der Waals surface area contributed by atoms with Crippen LogP contribution in [0.4, 0.5) is 24.3 Å². The number of rotatable bonds is 8. The van der Waals surface area contributed by atoms with Gasteiger partial charge in [0.2, 0.25) is 0 Å². The minimum atomic E-state index is -0.754. The molecule has 1 heterocycles. The molecule has 3 rings (SSSR count). The van der Waals surface area contributed by atoms with E-state index < -0.39 is 22.7 Å². The highest BCUT2D eigenvalue weighted by molar-refractivity contribution is 9.08. The van der Waals surface area contributed by atoms with Gasteiger partial charge in [-0.3, -0.25) is 15.0 Å². The van der Waals surface area contributed by atoms with Crippen LogP contribution >= 0.6 is 27.3 Å². The summed E-state index contributed by atoms with van der Waals surface area (Å²) in [5.74, 6) is -1.51. The molecule has 3 aromatic rings. The van der Waals surface area contributed by atoms with Crippen molar-refractivity contribution in [1.29, 1.82) is 0 Å². The molecule has 33 heavy (non-hydrogen) atoms. The molecule has 0 spiro atoms. The van der Waals surface area contributed by atoms with E-state index in [1.165, 1.54) is 34.4 Å². The fraction of sp³-hybridized carbons (Fsp3) is 0.261. The number of carbonyl (C=O) groups is 1. The molecule has 0 saturated carbocycles. The quantitative estimate of drug-likeness (QED) is 0.172. The van der Waals surface area contributed by atoms with Crippen LogP contribution < -0.4 is 4.90 Å². The van der Waals surface area contributed by atoms with Crippen LogP contribution in [0, 0.1) is 21.7 Å². The number of anilines is 1. The lowest BCUT2D eigenvalue weighted by Gasteiger charge is -2.22. The second-order valence-corrected chi connectivity index (χ2v) is 8.53. The van der Waals surface area contributed by atoms with Crippen LogP contribution in [0.5, 0.6) is 0 Å². The van der Waals surface area contributed by atoms with E-state index >= 15 is 0 Å². The predicted octanol–water partition coefficient (Wildman–Crippen LogP) is 7.22. The number of benzene rings is 2. The molecular formula is C23H21BrF2N2O4S. The van der Waals surface area contributed by atoms with E-state index in [0.29, 0.717) is 16.8 Å². The van der Waals surface area contributed by atoms with Crippen molar-refractivity contribution in [1.82, 2.24) is 0 Å². The topological polar surface area (TPSA) is 72.7 Å². The molecule has 6 nitrogen and oxygen atoms in total. The fourth-order valence-corrected chi connectivity index (χ4v) is 5.65. The van der Waals surface area contributed by atoms with Crippen molar-refractivity contribution >= 4 is 44.0 Å². The molecule has 0 saturated heterocycles. The maximum absolute atomic E-state index is 14.4. The first-order valence-corrected chi connectivity index (χ1v) is 12.1. The Morgan fingerprint density at radius 3 is 2.24 bits per heavy atom. The van der Waals surface area contributed by atoms with Gasteiger partial charge in [-0.1, -0.05) is 28.9 Å². The van der Waals surface area contributed by atoms with Crippen molar-refractivity contribution < 1.29 is 23.2 Å². The third-order valence-corrected chi connectivity index (χ3v) is 6.94. The van der Waals surface area contributed by atoms with Crippen molar-refractivity contribution in [2.24, 2.45) is 0 Å². The summed E-state index contributed by atoms with van der Waals surface area (Å²) in [6, 6.07) is 9.66. The minimum absolute atomic E-state index is 0.0326. The molecule has 2 aromatic carbocycles. The summed E-state index contributed by atoms with van der Waals surface area (Å²) < 4.78 is 34.0. The summed E-state index contributed by atoms with van der Waals surface area (Å²) in [5, 5.41) is 12.0. The lowest BCUT2D eigenvalue weighted by Crippen LogP contribution is -2.32. The van der Waals surface area contributed by atoms with E-state index in [1.54, 1.807) is 19.1 Å². The number of nitro benzene ring substituents is 1. The molecule has 0 atom stereocenters. The summed E-state index contributed by atoms with van der Waals surface area (Å²) in [4.78, 5) is 25.5. The molecule has 10 heteroatoms. The van der Waals surface area contributed by atoms with Crippen molar-refractivity contribution in [2.45, 2.75) is 32.1 Å². The number of nitrogens with zero attached hydrogens (tertiary/aromatic N) is 2. The Labute approximate surface area is 202 Å². The first-order valence-electron chi connectivity index (χ1n) is 10.1. The van der Waals surface area contributed by atoms with E-state index in [4.69, 9.17) is 4.74 Å². The third-order valence-electron chi connectivity index (χ3n) is 5.03. The zero-order chi connectivity index (χ0) is 24.1. The molecule has 0 aliphatic carbocycles. The predicted molar refractivity (Wildman–Crippen MR) is 128 cm³/mol. The number of non-ortho nitro benzene ring substituents is 1. The number of carbonyl (C=O) groups excluding carboxylic acids is 1. The zero-order valence-corrected chi connectivity index (χ0v) is 20.3. The van der Waals surface area contributed by atoms with Crippen LogP contribution in [-0.4, -0.2) is 17.6 Å². The van der Waals surface area contributed by atoms with Gasteiger partial charge in [0.05, 0.1) is 18.1 Å².